The van der Waals surface area contributed by atoms with Gasteiger partial charge in [0.25, 0.3) is 5.91 Å². The molecular formula is C17H19NO. The van der Waals surface area contributed by atoms with E-state index in [-0.39, 0.29) is 5.91 Å². The standard InChI is InChI=1S/C17H19NO/c1-3-6-12(2)11-18-15-10-5-8-13-7-4-9-14(16(13)15)17(18)19/h4-5,7-10,12H,3,6,11H2,1-2H3. The van der Waals surface area contributed by atoms with Gasteiger partial charge in [0.15, 0.2) is 0 Å². The molecule has 2 heteroatoms. The van der Waals surface area contributed by atoms with Crippen LogP contribution in [0.15, 0.2) is 36.4 Å². The minimum atomic E-state index is 0.162. The topological polar surface area (TPSA) is 20.3 Å². The number of carbonyl (C=O) groups is 1. The molecule has 3 rings (SSSR count). The average Bonchev–Trinajstić information content (AvgIpc) is 2.68. The van der Waals surface area contributed by atoms with Gasteiger partial charge in [0.1, 0.15) is 0 Å². The predicted molar refractivity (Wildman–Crippen MR) is 79.7 cm³/mol. The van der Waals surface area contributed by atoms with Crippen LogP contribution in [-0.2, 0) is 0 Å². The van der Waals surface area contributed by atoms with Crippen molar-refractivity contribution < 1.29 is 4.79 Å². The van der Waals surface area contributed by atoms with Crippen molar-refractivity contribution in [3.05, 3.63) is 42.0 Å². The van der Waals surface area contributed by atoms with Gasteiger partial charge in [-0.3, -0.25) is 4.79 Å². The molecule has 19 heavy (non-hydrogen) atoms. The van der Waals surface area contributed by atoms with Crippen LogP contribution in [0, 0.1) is 5.92 Å². The lowest BCUT2D eigenvalue weighted by Crippen LogP contribution is -2.31. The molecular weight excluding hydrogens is 234 g/mol. The molecule has 98 valence electrons. The fourth-order valence-corrected chi connectivity index (χ4v) is 3.06. The SMILES string of the molecule is CCCC(C)CN1C(=O)c2cccc3cccc1c23. The number of rotatable bonds is 4. The zero-order valence-electron chi connectivity index (χ0n) is 11.5. The highest BCUT2D eigenvalue weighted by atomic mass is 16.2. The third kappa shape index (κ3) is 1.92. The largest absolute Gasteiger partial charge is 0.307 e. The Hall–Kier alpha value is -1.83. The number of carbonyl (C=O) groups excluding carboxylic acids is 1. The fourth-order valence-electron chi connectivity index (χ4n) is 3.06. The Balaban J connectivity index is 2.03. The maximum atomic E-state index is 12.5. The van der Waals surface area contributed by atoms with Gasteiger partial charge in [-0.25, -0.2) is 0 Å². The highest BCUT2D eigenvalue weighted by Crippen LogP contribution is 2.37. The van der Waals surface area contributed by atoms with E-state index in [1.54, 1.807) is 0 Å². The molecule has 1 heterocycles. The molecule has 2 aromatic carbocycles. The van der Waals surface area contributed by atoms with Crippen molar-refractivity contribution in [3.8, 4) is 0 Å². The molecule has 1 unspecified atom stereocenters. The molecule has 1 aliphatic heterocycles. The molecule has 1 aliphatic rings. The van der Waals surface area contributed by atoms with Crippen molar-refractivity contribution in [2.45, 2.75) is 26.7 Å². The van der Waals surface area contributed by atoms with Crippen LogP contribution in [0.2, 0.25) is 0 Å². The summed E-state index contributed by atoms with van der Waals surface area (Å²) in [5.74, 6) is 0.702. The Labute approximate surface area is 114 Å². The van der Waals surface area contributed by atoms with Crippen molar-refractivity contribution in [2.75, 3.05) is 11.4 Å². The van der Waals surface area contributed by atoms with Crippen LogP contribution in [-0.4, -0.2) is 12.5 Å². The molecule has 1 atom stereocenters. The first-order valence-corrected chi connectivity index (χ1v) is 7.06. The molecule has 2 nitrogen and oxygen atoms in total. The van der Waals surface area contributed by atoms with Crippen molar-refractivity contribution in [2.24, 2.45) is 5.92 Å². The highest BCUT2D eigenvalue weighted by molar-refractivity contribution is 6.24. The number of nitrogens with zero attached hydrogens (tertiary/aromatic N) is 1. The van der Waals surface area contributed by atoms with E-state index in [1.165, 1.54) is 6.42 Å². The lowest BCUT2D eigenvalue weighted by atomic mass is 10.1. The van der Waals surface area contributed by atoms with E-state index in [9.17, 15) is 4.79 Å². The maximum absolute atomic E-state index is 12.5. The Morgan fingerprint density at radius 1 is 1.16 bits per heavy atom. The van der Waals surface area contributed by atoms with Crippen molar-refractivity contribution in [1.82, 2.24) is 0 Å². The first kappa shape index (κ1) is 12.2. The molecule has 0 bridgehead atoms. The summed E-state index contributed by atoms with van der Waals surface area (Å²) in [6, 6.07) is 12.2. The zero-order chi connectivity index (χ0) is 13.4. The third-order valence-electron chi connectivity index (χ3n) is 3.92. The molecule has 0 aromatic heterocycles. The van der Waals surface area contributed by atoms with E-state index in [0.29, 0.717) is 5.92 Å². The Morgan fingerprint density at radius 2 is 1.89 bits per heavy atom. The van der Waals surface area contributed by atoms with Crippen LogP contribution in [0.1, 0.15) is 37.0 Å². The first-order valence-electron chi connectivity index (χ1n) is 7.06. The monoisotopic (exact) mass is 253 g/mol. The number of anilines is 1. The third-order valence-corrected chi connectivity index (χ3v) is 3.92. The lowest BCUT2D eigenvalue weighted by Gasteiger charge is -2.21. The van der Waals surface area contributed by atoms with Crippen LogP contribution in [0.3, 0.4) is 0 Å². The van der Waals surface area contributed by atoms with Gasteiger partial charge in [0, 0.05) is 17.5 Å². The summed E-state index contributed by atoms with van der Waals surface area (Å²) in [5.41, 5.74) is 1.94. The first-order chi connectivity index (χ1) is 9.22. The summed E-state index contributed by atoms with van der Waals surface area (Å²) >= 11 is 0. The van der Waals surface area contributed by atoms with Gasteiger partial charge < -0.3 is 4.90 Å². The molecule has 1 amide bonds. The van der Waals surface area contributed by atoms with Crippen molar-refractivity contribution in [1.29, 1.82) is 0 Å². The van der Waals surface area contributed by atoms with Crippen molar-refractivity contribution in [3.63, 3.8) is 0 Å². The van der Waals surface area contributed by atoms with Gasteiger partial charge in [0.2, 0.25) is 0 Å². The second kappa shape index (κ2) is 4.69. The summed E-state index contributed by atoms with van der Waals surface area (Å²) in [7, 11) is 0. The van der Waals surface area contributed by atoms with Gasteiger partial charge in [-0.1, -0.05) is 44.5 Å². The van der Waals surface area contributed by atoms with E-state index in [2.05, 4.69) is 32.0 Å². The van der Waals surface area contributed by atoms with Crippen LogP contribution < -0.4 is 4.90 Å². The normalized spacial score (nSPS) is 15.3. The lowest BCUT2D eigenvalue weighted by molar-refractivity contribution is 0.0989. The Morgan fingerprint density at radius 3 is 2.63 bits per heavy atom. The van der Waals surface area contributed by atoms with Crippen LogP contribution >= 0.6 is 0 Å². The van der Waals surface area contributed by atoms with Crippen LogP contribution in [0.5, 0.6) is 0 Å². The number of hydrogen-bond donors (Lipinski definition) is 0. The Kier molecular flexibility index (Phi) is 3.02. The molecule has 2 aromatic rings. The second-order valence-electron chi connectivity index (χ2n) is 5.49. The second-order valence-corrected chi connectivity index (χ2v) is 5.49. The van der Waals surface area contributed by atoms with Gasteiger partial charge in [-0.2, -0.15) is 0 Å². The molecule has 0 spiro atoms. The van der Waals surface area contributed by atoms with Crippen LogP contribution in [0.25, 0.3) is 10.8 Å². The minimum Gasteiger partial charge on any atom is -0.307 e. The summed E-state index contributed by atoms with van der Waals surface area (Å²) in [4.78, 5) is 14.5. The number of amides is 1. The molecule has 0 radical (unpaired) electrons. The van der Waals surface area contributed by atoms with E-state index >= 15 is 0 Å². The summed E-state index contributed by atoms with van der Waals surface area (Å²) < 4.78 is 0. The highest BCUT2D eigenvalue weighted by Gasteiger charge is 2.29. The fraction of sp³-hybridized carbons (Fsp3) is 0.353. The van der Waals surface area contributed by atoms with E-state index in [4.69, 9.17) is 0 Å². The summed E-state index contributed by atoms with van der Waals surface area (Å²) in [5, 5.41) is 2.28. The minimum absolute atomic E-state index is 0.162. The molecule has 0 aliphatic carbocycles. The smallest absolute Gasteiger partial charge is 0.259 e. The average molecular weight is 253 g/mol. The maximum Gasteiger partial charge on any atom is 0.259 e. The molecule has 0 fully saturated rings. The number of benzene rings is 2. The zero-order valence-corrected chi connectivity index (χ0v) is 11.5. The van der Waals surface area contributed by atoms with E-state index in [1.807, 2.05) is 23.1 Å². The van der Waals surface area contributed by atoms with Gasteiger partial charge in [-0.05, 0) is 29.9 Å². The van der Waals surface area contributed by atoms with E-state index < -0.39 is 0 Å². The van der Waals surface area contributed by atoms with Crippen molar-refractivity contribution >= 4 is 22.4 Å². The van der Waals surface area contributed by atoms with Gasteiger partial charge in [-0.15, -0.1) is 0 Å². The van der Waals surface area contributed by atoms with Gasteiger partial charge >= 0.3 is 0 Å². The summed E-state index contributed by atoms with van der Waals surface area (Å²) in [6.45, 7) is 5.23. The van der Waals surface area contributed by atoms with Gasteiger partial charge in [0.05, 0.1) is 5.69 Å². The Bertz CT molecular complexity index is 627. The molecule has 0 N–H and O–H groups in total. The molecule has 0 saturated carbocycles. The quantitative estimate of drug-likeness (QED) is 0.798. The van der Waals surface area contributed by atoms with Crippen LogP contribution in [0.4, 0.5) is 5.69 Å². The molecule has 0 saturated heterocycles. The number of hydrogen-bond acceptors (Lipinski definition) is 1. The van der Waals surface area contributed by atoms with E-state index in [0.717, 1.165) is 35.0 Å². The predicted octanol–water partition coefficient (Wildman–Crippen LogP) is 4.24. The summed E-state index contributed by atoms with van der Waals surface area (Å²) in [6.07, 6.45) is 2.33.